The van der Waals surface area contributed by atoms with Crippen molar-refractivity contribution in [3.05, 3.63) is 50.9 Å². The van der Waals surface area contributed by atoms with Crippen LogP contribution in [0.2, 0.25) is 0 Å². The molecule has 9 nitrogen and oxygen atoms in total. The van der Waals surface area contributed by atoms with Crippen molar-refractivity contribution < 1.29 is 4.79 Å². The number of fused-ring (bicyclic) bond motifs is 1. The lowest BCUT2D eigenvalue weighted by Crippen LogP contribution is -2.37. The van der Waals surface area contributed by atoms with Crippen LogP contribution < -0.4 is 16.6 Å². The van der Waals surface area contributed by atoms with Crippen molar-refractivity contribution in [2.75, 3.05) is 5.32 Å². The van der Waals surface area contributed by atoms with Crippen LogP contribution in [0.4, 0.5) is 5.82 Å². The standard InChI is InChI=1S/C17H20N6O3/c1-5-10(2)23-13(6-7-19-23)20-15(24)11-8-12-14(18-9-11)21(3)17(26)22(4)16(12)25/h6-10H,5H2,1-4H3,(H,20,24). The van der Waals surface area contributed by atoms with E-state index in [0.717, 1.165) is 11.0 Å². The van der Waals surface area contributed by atoms with Crippen LogP contribution in [0.5, 0.6) is 0 Å². The molecule has 3 rings (SSSR count). The van der Waals surface area contributed by atoms with E-state index < -0.39 is 17.2 Å². The minimum Gasteiger partial charge on any atom is -0.307 e. The van der Waals surface area contributed by atoms with Crippen molar-refractivity contribution in [2.45, 2.75) is 26.3 Å². The molecule has 0 saturated heterocycles. The van der Waals surface area contributed by atoms with Crippen molar-refractivity contribution in [2.24, 2.45) is 14.1 Å². The first-order valence-electron chi connectivity index (χ1n) is 8.25. The smallest absolute Gasteiger partial charge is 0.307 e. The van der Waals surface area contributed by atoms with Crippen LogP contribution in [0.3, 0.4) is 0 Å². The highest BCUT2D eigenvalue weighted by Gasteiger charge is 2.16. The average Bonchev–Trinajstić information content (AvgIpc) is 3.11. The number of hydrogen-bond acceptors (Lipinski definition) is 5. The summed E-state index contributed by atoms with van der Waals surface area (Å²) < 4.78 is 4.00. The summed E-state index contributed by atoms with van der Waals surface area (Å²) in [6, 6.07) is 3.29. The Balaban J connectivity index is 2.01. The summed E-state index contributed by atoms with van der Waals surface area (Å²) in [5, 5.41) is 7.22. The molecule has 136 valence electrons. The van der Waals surface area contributed by atoms with Crippen molar-refractivity contribution >= 4 is 22.8 Å². The first-order valence-corrected chi connectivity index (χ1v) is 8.25. The Bertz CT molecular complexity index is 1110. The van der Waals surface area contributed by atoms with Gasteiger partial charge in [-0.1, -0.05) is 6.92 Å². The van der Waals surface area contributed by atoms with Crippen molar-refractivity contribution in [3.63, 3.8) is 0 Å². The predicted octanol–water partition coefficient (Wildman–Crippen LogP) is 1.05. The maximum Gasteiger partial charge on any atom is 0.332 e. The van der Waals surface area contributed by atoms with Gasteiger partial charge in [-0.25, -0.2) is 14.5 Å². The van der Waals surface area contributed by atoms with Crippen molar-refractivity contribution in [3.8, 4) is 0 Å². The number of carbonyl (C=O) groups excluding carboxylic acids is 1. The first kappa shape index (κ1) is 17.6. The van der Waals surface area contributed by atoms with E-state index in [1.54, 1.807) is 16.9 Å². The number of nitrogens with one attached hydrogen (secondary N) is 1. The molecule has 0 aliphatic carbocycles. The van der Waals surface area contributed by atoms with Crippen LogP contribution in [0.1, 0.15) is 36.7 Å². The van der Waals surface area contributed by atoms with Gasteiger partial charge in [-0.15, -0.1) is 0 Å². The summed E-state index contributed by atoms with van der Waals surface area (Å²) >= 11 is 0. The quantitative estimate of drug-likeness (QED) is 0.752. The number of pyridine rings is 1. The highest BCUT2D eigenvalue weighted by molar-refractivity contribution is 6.05. The molecule has 0 aromatic carbocycles. The molecule has 1 unspecified atom stereocenters. The summed E-state index contributed by atoms with van der Waals surface area (Å²) in [7, 11) is 2.92. The molecule has 1 amide bonds. The Morgan fingerprint density at radius 1 is 1.27 bits per heavy atom. The van der Waals surface area contributed by atoms with Gasteiger partial charge in [0, 0.05) is 26.4 Å². The molecule has 0 fully saturated rings. The molecular weight excluding hydrogens is 336 g/mol. The second kappa shape index (κ2) is 6.58. The van der Waals surface area contributed by atoms with Crippen LogP contribution in [0.25, 0.3) is 11.0 Å². The zero-order chi connectivity index (χ0) is 19.0. The highest BCUT2D eigenvalue weighted by atomic mass is 16.2. The Morgan fingerprint density at radius 3 is 2.69 bits per heavy atom. The summed E-state index contributed by atoms with van der Waals surface area (Å²) in [6.07, 6.45) is 3.83. The van der Waals surface area contributed by atoms with E-state index >= 15 is 0 Å². The molecule has 0 radical (unpaired) electrons. The Kier molecular flexibility index (Phi) is 4.45. The van der Waals surface area contributed by atoms with Gasteiger partial charge in [0.05, 0.1) is 23.2 Å². The minimum atomic E-state index is -0.491. The second-order valence-electron chi connectivity index (χ2n) is 6.17. The maximum absolute atomic E-state index is 12.6. The van der Waals surface area contributed by atoms with Gasteiger partial charge in [0.2, 0.25) is 0 Å². The van der Waals surface area contributed by atoms with Crippen molar-refractivity contribution in [1.82, 2.24) is 23.9 Å². The molecule has 3 aromatic heterocycles. The van der Waals surface area contributed by atoms with Crippen molar-refractivity contribution in [1.29, 1.82) is 0 Å². The topological polar surface area (TPSA) is 104 Å². The van der Waals surface area contributed by atoms with Gasteiger partial charge < -0.3 is 5.32 Å². The molecule has 0 aliphatic heterocycles. The zero-order valence-corrected chi connectivity index (χ0v) is 15.1. The number of amides is 1. The second-order valence-corrected chi connectivity index (χ2v) is 6.17. The molecule has 0 aliphatic rings. The number of aromatic nitrogens is 5. The molecule has 3 aromatic rings. The fourth-order valence-corrected chi connectivity index (χ4v) is 2.72. The lowest BCUT2D eigenvalue weighted by atomic mass is 10.2. The van der Waals surface area contributed by atoms with E-state index in [-0.39, 0.29) is 22.6 Å². The number of aryl methyl sites for hydroxylation is 1. The Hall–Kier alpha value is -3.23. The van der Waals surface area contributed by atoms with E-state index in [1.807, 2.05) is 13.8 Å². The summed E-state index contributed by atoms with van der Waals surface area (Å²) in [5.41, 5.74) is -0.496. The van der Waals surface area contributed by atoms with Crippen LogP contribution in [0.15, 0.2) is 34.1 Å². The molecule has 1 atom stereocenters. The van der Waals surface area contributed by atoms with Crippen LogP contribution in [-0.2, 0) is 14.1 Å². The lowest BCUT2D eigenvalue weighted by molar-refractivity contribution is 0.102. The number of rotatable bonds is 4. The van der Waals surface area contributed by atoms with Crippen LogP contribution in [0, 0.1) is 0 Å². The van der Waals surface area contributed by atoms with Gasteiger partial charge in [-0.05, 0) is 19.4 Å². The fourth-order valence-electron chi connectivity index (χ4n) is 2.72. The average molecular weight is 356 g/mol. The van der Waals surface area contributed by atoms with E-state index in [4.69, 9.17) is 0 Å². The monoisotopic (exact) mass is 356 g/mol. The third-order valence-electron chi connectivity index (χ3n) is 4.48. The molecule has 0 spiro atoms. The zero-order valence-electron chi connectivity index (χ0n) is 15.1. The van der Waals surface area contributed by atoms with Crippen LogP contribution >= 0.6 is 0 Å². The third kappa shape index (κ3) is 2.81. The third-order valence-corrected chi connectivity index (χ3v) is 4.48. The van der Waals surface area contributed by atoms with Gasteiger partial charge >= 0.3 is 5.69 Å². The summed E-state index contributed by atoms with van der Waals surface area (Å²) in [6.45, 7) is 4.04. The van der Waals surface area contributed by atoms with Gasteiger partial charge in [0.15, 0.2) is 0 Å². The SMILES string of the molecule is CCC(C)n1nccc1NC(=O)c1cnc2c(c1)c(=O)n(C)c(=O)n2C. The molecule has 26 heavy (non-hydrogen) atoms. The number of hydrogen-bond donors (Lipinski definition) is 1. The largest absolute Gasteiger partial charge is 0.332 e. The molecular formula is C17H20N6O3. The van der Waals surface area contributed by atoms with E-state index in [0.29, 0.717) is 5.82 Å². The molecule has 0 saturated carbocycles. The Morgan fingerprint density at radius 2 is 2.00 bits per heavy atom. The van der Waals surface area contributed by atoms with Gasteiger partial charge in [0.1, 0.15) is 11.5 Å². The summed E-state index contributed by atoms with van der Waals surface area (Å²) in [5.74, 6) is 0.165. The fraction of sp³-hybridized carbons (Fsp3) is 0.353. The Labute approximate surface area is 148 Å². The number of anilines is 1. The van der Waals surface area contributed by atoms with E-state index in [9.17, 15) is 14.4 Å². The molecule has 3 heterocycles. The minimum absolute atomic E-state index is 0.136. The summed E-state index contributed by atoms with van der Waals surface area (Å²) in [4.78, 5) is 41.0. The first-order chi connectivity index (χ1) is 12.3. The van der Waals surface area contributed by atoms with E-state index in [2.05, 4.69) is 15.4 Å². The normalized spacial score (nSPS) is 12.3. The predicted molar refractivity (Wildman–Crippen MR) is 97.4 cm³/mol. The maximum atomic E-state index is 12.6. The lowest BCUT2D eigenvalue weighted by Gasteiger charge is -2.14. The van der Waals surface area contributed by atoms with Gasteiger partial charge in [-0.2, -0.15) is 5.10 Å². The van der Waals surface area contributed by atoms with Crippen LogP contribution in [-0.4, -0.2) is 29.8 Å². The molecule has 9 heteroatoms. The number of carbonyl (C=O) groups is 1. The van der Waals surface area contributed by atoms with E-state index in [1.165, 1.54) is 30.9 Å². The number of nitrogens with zero attached hydrogens (tertiary/aromatic N) is 5. The molecule has 0 bridgehead atoms. The highest BCUT2D eigenvalue weighted by Crippen LogP contribution is 2.17. The van der Waals surface area contributed by atoms with Gasteiger partial charge in [0.25, 0.3) is 11.5 Å². The molecule has 1 N–H and O–H groups in total. The van der Waals surface area contributed by atoms with Gasteiger partial charge in [-0.3, -0.25) is 18.7 Å².